The first-order valence-electron chi connectivity index (χ1n) is 7.26. The number of carbonyl (C=O) groups excluding carboxylic acids is 1. The van der Waals surface area contributed by atoms with Crippen molar-refractivity contribution in [1.29, 1.82) is 0 Å². The molecule has 1 aliphatic heterocycles. The minimum absolute atomic E-state index is 0.0305. The predicted molar refractivity (Wildman–Crippen MR) is 81.8 cm³/mol. The molecule has 1 heterocycles. The van der Waals surface area contributed by atoms with Crippen LogP contribution < -0.4 is 11.1 Å². The summed E-state index contributed by atoms with van der Waals surface area (Å²) in [5, 5.41) is 3.49. The maximum absolute atomic E-state index is 11.5. The van der Waals surface area contributed by atoms with Gasteiger partial charge >= 0.3 is 0 Å². The minimum Gasteiger partial charge on any atom is -0.325 e. The molecule has 0 radical (unpaired) electrons. The second-order valence-electron chi connectivity index (χ2n) is 6.77. The van der Waals surface area contributed by atoms with Crippen molar-refractivity contribution in [2.45, 2.75) is 45.6 Å². The Kier molecular flexibility index (Phi) is 3.30. The summed E-state index contributed by atoms with van der Waals surface area (Å²) in [5.41, 5.74) is 9.61. The molecule has 2 unspecified atom stereocenters. The molecule has 0 spiro atoms. The van der Waals surface area contributed by atoms with Crippen LogP contribution >= 0.6 is 11.6 Å². The summed E-state index contributed by atoms with van der Waals surface area (Å²) in [6, 6.07) is 3.81. The molecule has 108 valence electrons. The van der Waals surface area contributed by atoms with Crippen LogP contribution in [0.5, 0.6) is 0 Å². The molecule has 3 rings (SSSR count). The van der Waals surface area contributed by atoms with E-state index in [4.69, 9.17) is 17.3 Å². The summed E-state index contributed by atoms with van der Waals surface area (Å²) in [5.74, 6) is 0.478. The highest BCUT2D eigenvalue weighted by molar-refractivity contribution is 6.32. The third-order valence-corrected chi connectivity index (χ3v) is 5.31. The summed E-state index contributed by atoms with van der Waals surface area (Å²) < 4.78 is 0. The van der Waals surface area contributed by atoms with Crippen molar-refractivity contribution in [1.82, 2.24) is 0 Å². The van der Waals surface area contributed by atoms with Crippen molar-refractivity contribution in [3.05, 3.63) is 28.3 Å². The van der Waals surface area contributed by atoms with Crippen molar-refractivity contribution >= 4 is 23.2 Å². The number of nitrogens with one attached hydrogen (secondary N) is 1. The van der Waals surface area contributed by atoms with E-state index in [-0.39, 0.29) is 17.4 Å². The Labute approximate surface area is 124 Å². The Balaban J connectivity index is 1.95. The highest BCUT2D eigenvalue weighted by atomic mass is 35.5. The molecule has 3 nitrogen and oxygen atoms in total. The largest absolute Gasteiger partial charge is 0.325 e. The van der Waals surface area contributed by atoms with Crippen LogP contribution in [0, 0.1) is 11.3 Å². The molecule has 20 heavy (non-hydrogen) atoms. The lowest BCUT2D eigenvalue weighted by Gasteiger charge is -2.32. The number of fused-ring (bicyclic) bond motifs is 1. The van der Waals surface area contributed by atoms with Crippen molar-refractivity contribution < 1.29 is 4.79 Å². The first-order valence-corrected chi connectivity index (χ1v) is 7.64. The molecular formula is C16H21ClN2O. The number of hydrogen-bond acceptors (Lipinski definition) is 2. The van der Waals surface area contributed by atoms with E-state index < -0.39 is 0 Å². The first kappa shape index (κ1) is 13.9. The number of carbonyl (C=O) groups is 1. The zero-order valence-electron chi connectivity index (χ0n) is 12.0. The molecule has 3 N–H and O–H groups in total. The first-order chi connectivity index (χ1) is 9.38. The predicted octanol–water partition coefficient (Wildman–Crippen LogP) is 3.66. The fourth-order valence-electron chi connectivity index (χ4n) is 3.76. The van der Waals surface area contributed by atoms with Gasteiger partial charge in [-0.1, -0.05) is 37.9 Å². The molecule has 1 aromatic carbocycles. The second kappa shape index (κ2) is 4.74. The van der Waals surface area contributed by atoms with E-state index in [0.29, 0.717) is 17.4 Å². The van der Waals surface area contributed by atoms with E-state index in [9.17, 15) is 4.79 Å². The summed E-state index contributed by atoms with van der Waals surface area (Å²) in [6.45, 7) is 4.58. The summed E-state index contributed by atoms with van der Waals surface area (Å²) >= 11 is 6.39. The number of rotatable bonds is 2. The molecule has 4 heteroatoms. The lowest BCUT2D eigenvalue weighted by molar-refractivity contribution is -0.115. The van der Waals surface area contributed by atoms with Gasteiger partial charge in [0.1, 0.15) is 0 Å². The quantitative estimate of drug-likeness (QED) is 0.874. The van der Waals surface area contributed by atoms with Gasteiger partial charge in [0.2, 0.25) is 5.91 Å². The van der Waals surface area contributed by atoms with Crippen molar-refractivity contribution in [2.24, 2.45) is 17.1 Å². The normalized spacial score (nSPS) is 25.4. The van der Waals surface area contributed by atoms with E-state index >= 15 is 0 Å². The summed E-state index contributed by atoms with van der Waals surface area (Å²) in [6.07, 6.45) is 4.03. The number of anilines is 1. The fraction of sp³-hybridized carbons (Fsp3) is 0.562. The smallest absolute Gasteiger partial charge is 0.228 e. The molecule has 0 aromatic heterocycles. The summed E-state index contributed by atoms with van der Waals surface area (Å²) in [7, 11) is 0. The van der Waals surface area contributed by atoms with Gasteiger partial charge in [-0.25, -0.2) is 0 Å². The van der Waals surface area contributed by atoms with E-state index in [0.717, 1.165) is 23.2 Å². The fourth-order valence-corrected chi connectivity index (χ4v) is 4.05. The number of hydrogen-bond donors (Lipinski definition) is 2. The van der Waals surface area contributed by atoms with Crippen LogP contribution in [-0.4, -0.2) is 5.91 Å². The molecule has 1 aliphatic carbocycles. The average Bonchev–Trinajstić information content (AvgIpc) is 2.88. The van der Waals surface area contributed by atoms with Gasteiger partial charge in [-0.15, -0.1) is 0 Å². The highest BCUT2D eigenvalue weighted by Gasteiger charge is 2.39. The molecule has 1 amide bonds. The van der Waals surface area contributed by atoms with Gasteiger partial charge in [0.05, 0.1) is 6.42 Å². The van der Waals surface area contributed by atoms with Gasteiger partial charge in [-0.2, -0.15) is 0 Å². The maximum Gasteiger partial charge on any atom is 0.228 e. The molecule has 1 fully saturated rings. The monoisotopic (exact) mass is 292 g/mol. The molecule has 2 atom stereocenters. The number of halogens is 1. The van der Waals surface area contributed by atoms with Crippen molar-refractivity contribution in [3.8, 4) is 0 Å². The van der Waals surface area contributed by atoms with Gasteiger partial charge in [0.15, 0.2) is 0 Å². The Hall–Kier alpha value is -1.06. The maximum atomic E-state index is 11.5. The Morgan fingerprint density at radius 2 is 2.20 bits per heavy atom. The van der Waals surface area contributed by atoms with E-state index in [1.54, 1.807) is 0 Å². The Morgan fingerprint density at radius 1 is 1.45 bits per heavy atom. The van der Waals surface area contributed by atoms with E-state index in [2.05, 4.69) is 19.2 Å². The van der Waals surface area contributed by atoms with Crippen LogP contribution in [0.3, 0.4) is 0 Å². The zero-order valence-corrected chi connectivity index (χ0v) is 12.8. The van der Waals surface area contributed by atoms with Gasteiger partial charge < -0.3 is 11.1 Å². The van der Waals surface area contributed by atoms with Crippen LogP contribution in [0.2, 0.25) is 5.02 Å². The van der Waals surface area contributed by atoms with Crippen LogP contribution in [-0.2, 0) is 11.2 Å². The van der Waals surface area contributed by atoms with Gasteiger partial charge in [-0.05, 0) is 41.4 Å². The SMILES string of the molecule is CC1(C)CCCC1C(N)c1cc2c(cc1Cl)NC(=O)C2. The molecule has 1 aromatic rings. The zero-order chi connectivity index (χ0) is 14.5. The molecule has 0 bridgehead atoms. The topological polar surface area (TPSA) is 55.1 Å². The third-order valence-electron chi connectivity index (χ3n) is 4.98. The summed E-state index contributed by atoms with van der Waals surface area (Å²) in [4.78, 5) is 11.5. The third kappa shape index (κ3) is 2.23. The lowest BCUT2D eigenvalue weighted by Crippen LogP contribution is -2.29. The number of amides is 1. The van der Waals surface area contributed by atoms with E-state index in [1.807, 2.05) is 12.1 Å². The van der Waals surface area contributed by atoms with Gasteiger partial charge in [0.25, 0.3) is 0 Å². The van der Waals surface area contributed by atoms with Crippen molar-refractivity contribution in [3.63, 3.8) is 0 Å². The Bertz CT molecular complexity index is 568. The second-order valence-corrected chi connectivity index (χ2v) is 7.18. The molecule has 1 saturated carbocycles. The van der Waals surface area contributed by atoms with E-state index in [1.165, 1.54) is 12.8 Å². The van der Waals surface area contributed by atoms with Crippen LogP contribution in [0.4, 0.5) is 5.69 Å². The van der Waals surface area contributed by atoms with Crippen molar-refractivity contribution in [2.75, 3.05) is 5.32 Å². The molecular weight excluding hydrogens is 272 g/mol. The van der Waals surface area contributed by atoms with Crippen LogP contribution in [0.25, 0.3) is 0 Å². The molecule has 0 saturated heterocycles. The lowest BCUT2D eigenvalue weighted by atomic mass is 9.75. The minimum atomic E-state index is -0.0546. The van der Waals surface area contributed by atoms with Crippen LogP contribution in [0.1, 0.15) is 50.3 Å². The standard InChI is InChI=1S/C16H21ClN2O/c1-16(2)5-3-4-11(16)15(18)10-6-9-7-14(20)19-13(9)8-12(10)17/h6,8,11,15H,3-5,7,18H2,1-2H3,(H,19,20). The van der Waals surface area contributed by atoms with Gasteiger partial charge in [0, 0.05) is 16.8 Å². The van der Waals surface area contributed by atoms with Gasteiger partial charge in [-0.3, -0.25) is 4.79 Å². The molecule has 2 aliphatic rings. The number of nitrogens with two attached hydrogens (primary N) is 1. The van der Waals surface area contributed by atoms with Crippen LogP contribution in [0.15, 0.2) is 12.1 Å². The number of benzene rings is 1. The Morgan fingerprint density at radius 3 is 2.85 bits per heavy atom. The average molecular weight is 293 g/mol. The highest BCUT2D eigenvalue weighted by Crippen LogP contribution is 2.49.